The summed E-state index contributed by atoms with van der Waals surface area (Å²) in [6.45, 7) is 5.95. The highest BCUT2D eigenvalue weighted by atomic mass is 16.5. The lowest BCUT2D eigenvalue weighted by molar-refractivity contribution is 0.340. The third-order valence-corrected chi connectivity index (χ3v) is 3.07. The van der Waals surface area contributed by atoms with Gasteiger partial charge in [-0.25, -0.2) is 0 Å². The van der Waals surface area contributed by atoms with Gasteiger partial charge in [0.1, 0.15) is 5.75 Å². The summed E-state index contributed by atoms with van der Waals surface area (Å²) in [7, 11) is 0. The van der Waals surface area contributed by atoms with Gasteiger partial charge in [-0.05, 0) is 49.9 Å². The molecule has 2 nitrogen and oxygen atoms in total. The van der Waals surface area contributed by atoms with Gasteiger partial charge >= 0.3 is 0 Å². The lowest BCUT2D eigenvalue weighted by atomic mass is 10.0. The number of rotatable bonds is 6. The van der Waals surface area contributed by atoms with Gasteiger partial charge in [0, 0.05) is 6.04 Å². The zero-order chi connectivity index (χ0) is 11.4. The average molecular weight is 219 g/mol. The molecule has 1 aromatic carbocycles. The average Bonchev–Trinajstić information content (AvgIpc) is 3.12. The van der Waals surface area contributed by atoms with E-state index in [-0.39, 0.29) is 0 Å². The van der Waals surface area contributed by atoms with Crippen molar-refractivity contribution in [3.8, 4) is 5.75 Å². The summed E-state index contributed by atoms with van der Waals surface area (Å²) in [5.41, 5.74) is 1.40. The van der Waals surface area contributed by atoms with Crippen LogP contribution in [0, 0.1) is 5.92 Å². The molecule has 0 aliphatic heterocycles. The van der Waals surface area contributed by atoms with Gasteiger partial charge < -0.3 is 10.1 Å². The fourth-order valence-corrected chi connectivity index (χ4v) is 2.14. The van der Waals surface area contributed by atoms with Crippen LogP contribution in [0.2, 0.25) is 0 Å². The van der Waals surface area contributed by atoms with Gasteiger partial charge in [-0.15, -0.1) is 0 Å². The molecule has 0 heterocycles. The van der Waals surface area contributed by atoms with Crippen molar-refractivity contribution in [3.05, 3.63) is 29.8 Å². The molecule has 0 aromatic heterocycles. The predicted octanol–water partition coefficient (Wildman–Crippen LogP) is 3.15. The Morgan fingerprint density at radius 2 is 1.94 bits per heavy atom. The predicted molar refractivity (Wildman–Crippen MR) is 66.8 cm³/mol. The van der Waals surface area contributed by atoms with E-state index < -0.39 is 0 Å². The molecular formula is C14H21NO. The van der Waals surface area contributed by atoms with Crippen molar-refractivity contribution >= 4 is 0 Å². The van der Waals surface area contributed by atoms with E-state index in [2.05, 4.69) is 36.5 Å². The third-order valence-electron chi connectivity index (χ3n) is 3.07. The molecule has 0 amide bonds. The van der Waals surface area contributed by atoms with E-state index in [9.17, 15) is 0 Å². The molecule has 0 saturated heterocycles. The summed E-state index contributed by atoms with van der Waals surface area (Å²) in [5.74, 6) is 1.81. The van der Waals surface area contributed by atoms with Gasteiger partial charge in [0.2, 0.25) is 0 Å². The molecule has 1 atom stereocenters. The lowest BCUT2D eigenvalue weighted by Gasteiger charge is -2.18. The van der Waals surface area contributed by atoms with Crippen LogP contribution in [-0.4, -0.2) is 13.2 Å². The maximum Gasteiger partial charge on any atom is 0.119 e. The minimum atomic E-state index is 0.542. The summed E-state index contributed by atoms with van der Waals surface area (Å²) in [6, 6.07) is 9.07. The molecule has 1 aliphatic rings. The number of nitrogens with one attached hydrogen (secondary N) is 1. The zero-order valence-corrected chi connectivity index (χ0v) is 10.2. The number of benzene rings is 1. The van der Waals surface area contributed by atoms with Crippen molar-refractivity contribution < 1.29 is 4.74 Å². The van der Waals surface area contributed by atoms with Gasteiger partial charge in [0.05, 0.1) is 6.61 Å². The Balaban J connectivity index is 2.05. The van der Waals surface area contributed by atoms with E-state index in [1.54, 1.807) is 0 Å². The highest BCUT2D eigenvalue weighted by Crippen LogP contribution is 2.41. The van der Waals surface area contributed by atoms with Gasteiger partial charge in [0.15, 0.2) is 0 Å². The summed E-state index contributed by atoms with van der Waals surface area (Å²) in [6.07, 6.45) is 2.73. The van der Waals surface area contributed by atoms with E-state index in [1.165, 1.54) is 18.4 Å². The summed E-state index contributed by atoms with van der Waals surface area (Å²) in [5, 5.41) is 3.57. The van der Waals surface area contributed by atoms with Gasteiger partial charge in [-0.2, -0.15) is 0 Å². The number of hydrogen-bond donors (Lipinski definition) is 1. The quantitative estimate of drug-likeness (QED) is 0.793. The van der Waals surface area contributed by atoms with E-state index in [1.807, 2.05) is 6.92 Å². The molecule has 1 fully saturated rings. The normalized spacial score (nSPS) is 17.1. The molecule has 1 aromatic rings. The van der Waals surface area contributed by atoms with Gasteiger partial charge in [0.25, 0.3) is 0 Å². The Kier molecular flexibility index (Phi) is 3.83. The first-order valence-corrected chi connectivity index (χ1v) is 6.31. The minimum Gasteiger partial charge on any atom is -0.494 e. The summed E-state index contributed by atoms with van der Waals surface area (Å²) in [4.78, 5) is 0. The summed E-state index contributed by atoms with van der Waals surface area (Å²) >= 11 is 0. The van der Waals surface area contributed by atoms with Crippen LogP contribution >= 0.6 is 0 Å². The first kappa shape index (κ1) is 11.5. The molecule has 1 saturated carbocycles. The Bertz CT molecular complexity index is 316. The van der Waals surface area contributed by atoms with Crippen LogP contribution in [-0.2, 0) is 0 Å². The van der Waals surface area contributed by atoms with E-state index in [0.29, 0.717) is 6.04 Å². The van der Waals surface area contributed by atoms with Crippen LogP contribution in [0.3, 0.4) is 0 Å². The fraction of sp³-hybridized carbons (Fsp3) is 0.571. The smallest absolute Gasteiger partial charge is 0.119 e. The second-order valence-corrected chi connectivity index (χ2v) is 4.37. The van der Waals surface area contributed by atoms with Crippen molar-refractivity contribution in [2.45, 2.75) is 32.7 Å². The van der Waals surface area contributed by atoms with Gasteiger partial charge in [-0.3, -0.25) is 0 Å². The minimum absolute atomic E-state index is 0.542. The molecule has 0 spiro atoms. The Morgan fingerprint density at radius 3 is 2.44 bits per heavy atom. The van der Waals surface area contributed by atoms with E-state index >= 15 is 0 Å². The molecule has 1 unspecified atom stereocenters. The SMILES string of the molecule is CCNC(c1ccc(OCC)cc1)C1CC1. The lowest BCUT2D eigenvalue weighted by Crippen LogP contribution is -2.22. The van der Waals surface area contributed by atoms with Crippen molar-refractivity contribution in [1.82, 2.24) is 5.32 Å². The number of ether oxygens (including phenoxy) is 1. The first-order valence-electron chi connectivity index (χ1n) is 6.31. The second-order valence-electron chi connectivity index (χ2n) is 4.37. The van der Waals surface area contributed by atoms with Gasteiger partial charge in [-0.1, -0.05) is 19.1 Å². The molecular weight excluding hydrogens is 198 g/mol. The standard InChI is InChI=1S/C14H21NO/c1-3-15-14(11-5-6-11)12-7-9-13(10-8-12)16-4-2/h7-11,14-15H,3-6H2,1-2H3. The maximum absolute atomic E-state index is 5.46. The molecule has 1 aliphatic carbocycles. The van der Waals surface area contributed by atoms with Crippen LogP contribution < -0.4 is 10.1 Å². The summed E-state index contributed by atoms with van der Waals surface area (Å²) < 4.78 is 5.46. The Labute approximate surface area is 98.0 Å². The van der Waals surface area contributed by atoms with Crippen molar-refractivity contribution in [2.24, 2.45) is 5.92 Å². The fourth-order valence-electron chi connectivity index (χ4n) is 2.14. The van der Waals surface area contributed by atoms with Crippen LogP contribution in [0.5, 0.6) is 5.75 Å². The molecule has 2 heteroatoms. The second kappa shape index (κ2) is 5.35. The highest BCUT2D eigenvalue weighted by molar-refractivity contribution is 5.30. The molecule has 88 valence electrons. The molecule has 2 rings (SSSR count). The highest BCUT2D eigenvalue weighted by Gasteiger charge is 2.31. The Hall–Kier alpha value is -1.02. The van der Waals surface area contributed by atoms with Crippen LogP contribution in [0.1, 0.15) is 38.3 Å². The monoisotopic (exact) mass is 219 g/mol. The zero-order valence-electron chi connectivity index (χ0n) is 10.2. The first-order chi connectivity index (χ1) is 7.85. The third kappa shape index (κ3) is 2.76. The van der Waals surface area contributed by atoms with E-state index in [0.717, 1.165) is 24.8 Å². The molecule has 0 radical (unpaired) electrons. The molecule has 0 bridgehead atoms. The van der Waals surface area contributed by atoms with Crippen molar-refractivity contribution in [1.29, 1.82) is 0 Å². The Morgan fingerprint density at radius 1 is 1.25 bits per heavy atom. The van der Waals surface area contributed by atoms with Crippen LogP contribution in [0.15, 0.2) is 24.3 Å². The van der Waals surface area contributed by atoms with Crippen LogP contribution in [0.25, 0.3) is 0 Å². The topological polar surface area (TPSA) is 21.3 Å². The molecule has 1 N–H and O–H groups in total. The van der Waals surface area contributed by atoms with E-state index in [4.69, 9.17) is 4.74 Å². The molecule has 16 heavy (non-hydrogen) atoms. The number of hydrogen-bond acceptors (Lipinski definition) is 2. The van der Waals surface area contributed by atoms with Crippen LogP contribution in [0.4, 0.5) is 0 Å². The maximum atomic E-state index is 5.46. The van der Waals surface area contributed by atoms with Crippen molar-refractivity contribution in [2.75, 3.05) is 13.2 Å². The van der Waals surface area contributed by atoms with Crippen molar-refractivity contribution in [3.63, 3.8) is 0 Å². The largest absolute Gasteiger partial charge is 0.494 e.